The Bertz CT molecular complexity index is 684. The van der Waals surface area contributed by atoms with Crippen molar-refractivity contribution in [2.45, 2.75) is 41.9 Å². The summed E-state index contributed by atoms with van der Waals surface area (Å²) in [6.45, 7) is 0. The van der Waals surface area contributed by atoms with E-state index >= 15 is 0 Å². The van der Waals surface area contributed by atoms with Crippen molar-refractivity contribution >= 4 is 21.8 Å². The Labute approximate surface area is 156 Å². The van der Waals surface area contributed by atoms with Crippen molar-refractivity contribution < 1.29 is 10.2 Å². The number of phenols is 2. The van der Waals surface area contributed by atoms with Crippen LogP contribution in [0, 0.1) is 0 Å². The first-order valence-corrected chi connectivity index (χ1v) is 12.3. The summed E-state index contributed by atoms with van der Waals surface area (Å²) in [5, 5.41) is 20.7. The first-order chi connectivity index (χ1) is 12.2. The summed E-state index contributed by atoms with van der Waals surface area (Å²) in [6, 6.07) is 12.2. The molecule has 0 spiro atoms. The molecular formula is C21H26O2S2+2. The summed E-state index contributed by atoms with van der Waals surface area (Å²) in [5.41, 5.74) is 1.89. The minimum absolute atomic E-state index is 0.347. The van der Waals surface area contributed by atoms with Crippen LogP contribution in [0.25, 0.3) is 0 Å². The van der Waals surface area contributed by atoms with Gasteiger partial charge in [-0.25, -0.2) is 0 Å². The molecule has 4 heteroatoms. The minimum atomic E-state index is 0.347. The zero-order valence-electron chi connectivity index (χ0n) is 14.5. The van der Waals surface area contributed by atoms with Crippen molar-refractivity contribution in [2.24, 2.45) is 0 Å². The molecule has 2 N–H and O–H groups in total. The van der Waals surface area contributed by atoms with Gasteiger partial charge < -0.3 is 10.2 Å². The quantitative estimate of drug-likeness (QED) is 0.786. The minimum Gasteiger partial charge on any atom is -0.508 e. The van der Waals surface area contributed by atoms with Crippen LogP contribution < -0.4 is 0 Å². The van der Waals surface area contributed by atoms with Gasteiger partial charge in [-0.3, -0.25) is 0 Å². The number of rotatable bonds is 4. The number of hydrogen-bond donors (Lipinski definition) is 2. The molecule has 2 aliphatic heterocycles. The average Bonchev–Trinajstić information content (AvgIpc) is 3.32. The van der Waals surface area contributed by atoms with Crippen LogP contribution in [0.3, 0.4) is 0 Å². The van der Waals surface area contributed by atoms with E-state index in [1.165, 1.54) is 58.5 Å². The van der Waals surface area contributed by atoms with Crippen LogP contribution in [0.4, 0.5) is 0 Å². The molecule has 2 nitrogen and oxygen atoms in total. The van der Waals surface area contributed by atoms with Gasteiger partial charge in [0.05, 0.1) is 0 Å². The number of hydrogen-bond acceptors (Lipinski definition) is 2. The predicted molar refractivity (Wildman–Crippen MR) is 108 cm³/mol. The topological polar surface area (TPSA) is 40.5 Å². The van der Waals surface area contributed by atoms with E-state index in [1.807, 2.05) is 12.1 Å². The van der Waals surface area contributed by atoms with Gasteiger partial charge >= 0.3 is 0 Å². The van der Waals surface area contributed by atoms with Gasteiger partial charge in [0, 0.05) is 51.5 Å². The van der Waals surface area contributed by atoms with E-state index in [0.29, 0.717) is 39.7 Å². The lowest BCUT2D eigenvalue weighted by Crippen LogP contribution is -2.06. The second-order valence-electron chi connectivity index (χ2n) is 6.97. The molecule has 0 saturated carbocycles. The molecule has 0 amide bonds. The monoisotopic (exact) mass is 374 g/mol. The van der Waals surface area contributed by atoms with E-state index in [4.69, 9.17) is 0 Å². The van der Waals surface area contributed by atoms with Crippen LogP contribution in [0.5, 0.6) is 11.5 Å². The van der Waals surface area contributed by atoms with E-state index in [1.54, 1.807) is 0 Å². The van der Waals surface area contributed by atoms with Crippen LogP contribution in [0.1, 0.15) is 36.8 Å². The van der Waals surface area contributed by atoms with Crippen LogP contribution >= 0.6 is 0 Å². The van der Waals surface area contributed by atoms with E-state index in [-0.39, 0.29) is 0 Å². The number of phenolic OH excluding ortho intramolecular Hbond substituents is 2. The standard InChI is InChI=1S/C21H24O2S2/c22-20-7-5-18(24-9-1-2-10-24)14-16(20)13-17-15-19(6-8-21(17)23)25-11-3-4-12-25/h5-8,14-15H,1-4,9-13H2/p+2. The zero-order valence-corrected chi connectivity index (χ0v) is 16.2. The zero-order chi connectivity index (χ0) is 17.2. The van der Waals surface area contributed by atoms with Gasteiger partial charge in [-0.15, -0.1) is 0 Å². The van der Waals surface area contributed by atoms with E-state index in [0.717, 1.165) is 11.1 Å². The molecule has 25 heavy (non-hydrogen) atoms. The third kappa shape index (κ3) is 3.80. The van der Waals surface area contributed by atoms with Gasteiger partial charge in [0.25, 0.3) is 0 Å². The third-order valence-electron chi connectivity index (χ3n) is 5.21. The van der Waals surface area contributed by atoms with Crippen molar-refractivity contribution in [3.05, 3.63) is 47.5 Å². The highest BCUT2D eigenvalue weighted by molar-refractivity contribution is 7.97. The van der Waals surface area contributed by atoms with Crippen molar-refractivity contribution in [2.75, 3.05) is 23.0 Å². The van der Waals surface area contributed by atoms with Crippen LogP contribution in [0.2, 0.25) is 0 Å². The Morgan fingerprint density at radius 2 is 1.04 bits per heavy atom. The van der Waals surface area contributed by atoms with E-state index < -0.39 is 0 Å². The van der Waals surface area contributed by atoms with Gasteiger partial charge in [0.2, 0.25) is 0 Å². The summed E-state index contributed by atoms with van der Waals surface area (Å²) in [7, 11) is 0.698. The normalized spacial score (nSPS) is 18.9. The molecule has 2 saturated heterocycles. The van der Waals surface area contributed by atoms with Gasteiger partial charge in [-0.2, -0.15) is 0 Å². The maximum Gasteiger partial charge on any atom is 0.155 e. The molecule has 2 fully saturated rings. The Kier molecular flexibility index (Phi) is 5.18. The van der Waals surface area contributed by atoms with Gasteiger partial charge in [-0.1, -0.05) is 0 Å². The molecule has 0 atom stereocenters. The fourth-order valence-electron chi connectivity index (χ4n) is 3.75. The van der Waals surface area contributed by atoms with E-state index in [9.17, 15) is 10.2 Å². The van der Waals surface area contributed by atoms with Crippen molar-refractivity contribution in [1.82, 2.24) is 0 Å². The molecular weight excluding hydrogens is 348 g/mol. The number of benzene rings is 2. The lowest BCUT2D eigenvalue weighted by molar-refractivity contribution is 0.462. The SMILES string of the molecule is Oc1ccc([S+]2CCCC2)cc1Cc1cc([S+]2CCCC2)ccc1O. The van der Waals surface area contributed by atoms with Crippen molar-refractivity contribution in [3.8, 4) is 11.5 Å². The molecule has 2 aliphatic rings. The first-order valence-electron chi connectivity index (χ1n) is 9.19. The first kappa shape index (κ1) is 17.2. The Balaban J connectivity index is 1.60. The van der Waals surface area contributed by atoms with Crippen molar-refractivity contribution in [1.29, 1.82) is 0 Å². The largest absolute Gasteiger partial charge is 0.508 e. The van der Waals surface area contributed by atoms with Gasteiger partial charge in [-0.05, 0) is 49.9 Å². The maximum atomic E-state index is 10.3. The average molecular weight is 375 g/mol. The highest BCUT2D eigenvalue weighted by Crippen LogP contribution is 2.32. The molecule has 2 heterocycles. The van der Waals surface area contributed by atoms with Crippen LogP contribution in [0.15, 0.2) is 46.2 Å². The predicted octanol–water partition coefficient (Wildman–Crippen LogP) is 4.23. The maximum absolute atomic E-state index is 10.3. The molecule has 4 rings (SSSR count). The molecule has 132 valence electrons. The van der Waals surface area contributed by atoms with Crippen LogP contribution in [-0.4, -0.2) is 33.2 Å². The summed E-state index contributed by atoms with van der Waals surface area (Å²) in [5.74, 6) is 5.84. The number of aromatic hydroxyl groups is 2. The second kappa shape index (κ2) is 7.55. The lowest BCUT2D eigenvalue weighted by atomic mass is 10.0. The van der Waals surface area contributed by atoms with Crippen LogP contribution in [-0.2, 0) is 28.2 Å². The molecule has 0 unspecified atom stereocenters. The molecule has 2 aromatic rings. The molecule has 0 aromatic heterocycles. The van der Waals surface area contributed by atoms with Gasteiger partial charge in [0.1, 0.15) is 34.5 Å². The molecule has 0 radical (unpaired) electrons. The third-order valence-corrected chi connectivity index (χ3v) is 10.2. The van der Waals surface area contributed by atoms with Crippen molar-refractivity contribution in [3.63, 3.8) is 0 Å². The highest BCUT2D eigenvalue weighted by Gasteiger charge is 2.29. The Hall–Kier alpha value is -1.26. The van der Waals surface area contributed by atoms with E-state index in [2.05, 4.69) is 24.3 Å². The van der Waals surface area contributed by atoms with Gasteiger partial charge in [0.15, 0.2) is 9.79 Å². The molecule has 2 aromatic carbocycles. The fourth-order valence-corrected chi connectivity index (χ4v) is 8.45. The summed E-state index contributed by atoms with van der Waals surface area (Å²) >= 11 is 0. The Morgan fingerprint density at radius 3 is 1.44 bits per heavy atom. The molecule has 0 aliphatic carbocycles. The Morgan fingerprint density at radius 1 is 0.640 bits per heavy atom. The lowest BCUT2D eigenvalue weighted by Gasteiger charge is -2.10. The second-order valence-corrected chi connectivity index (χ2v) is 11.5. The smallest absolute Gasteiger partial charge is 0.155 e. The highest BCUT2D eigenvalue weighted by atomic mass is 32.2. The fraction of sp³-hybridized carbons (Fsp3) is 0.429. The summed E-state index contributed by atoms with van der Waals surface area (Å²) in [4.78, 5) is 2.75. The summed E-state index contributed by atoms with van der Waals surface area (Å²) < 4.78 is 0. The molecule has 0 bridgehead atoms. The summed E-state index contributed by atoms with van der Waals surface area (Å²) in [6.07, 6.45) is 5.90.